The number of esters is 3. The van der Waals surface area contributed by atoms with E-state index in [1.807, 2.05) is 26.8 Å². The van der Waals surface area contributed by atoms with Crippen molar-refractivity contribution in [2.24, 2.45) is 5.92 Å². The molecule has 63 heavy (non-hydrogen) atoms. The molecular weight excluding hydrogens is 895 g/mol. The number of amides is 4. The normalized spacial score (nSPS) is 14.4. The summed E-state index contributed by atoms with van der Waals surface area (Å²) in [5.41, 5.74) is -0.428. The minimum Gasteiger partial charge on any atom is -0.461 e. The third-order valence-electron chi connectivity index (χ3n) is 9.32. The van der Waals surface area contributed by atoms with E-state index in [0.29, 0.717) is 25.9 Å². The molecule has 1 aromatic rings. The number of ether oxygens (including phenoxy) is 5. The van der Waals surface area contributed by atoms with Crippen molar-refractivity contribution in [1.82, 2.24) is 20.7 Å². The number of rotatable bonds is 23. The van der Waals surface area contributed by atoms with Crippen molar-refractivity contribution >= 4 is 89.0 Å². The molecule has 0 bridgehead atoms. The molecule has 4 rings (SSSR count). The zero-order chi connectivity index (χ0) is 46.1. The summed E-state index contributed by atoms with van der Waals surface area (Å²) in [6.07, 6.45) is 6.37. The molecule has 0 saturated carbocycles. The minimum absolute atomic E-state index is 0.0786. The largest absolute Gasteiger partial charge is 0.461 e. The van der Waals surface area contributed by atoms with E-state index < -0.39 is 41.9 Å². The van der Waals surface area contributed by atoms with Gasteiger partial charge in [0.15, 0.2) is 17.1 Å². The highest BCUT2D eigenvalue weighted by Crippen LogP contribution is 2.68. The number of carbonyl (C=O) groups is 7. The van der Waals surface area contributed by atoms with E-state index in [2.05, 4.69) is 30.7 Å². The number of unbranched alkanes of at least 4 members (excludes halogenated alkanes) is 3. The Labute approximate surface area is 383 Å². The van der Waals surface area contributed by atoms with E-state index >= 15 is 0 Å². The summed E-state index contributed by atoms with van der Waals surface area (Å²) in [4.78, 5) is 92.4. The monoisotopic (exact) mass is 945 g/mol. The molecule has 3 aliphatic rings. The molecule has 0 radical (unpaired) electrons. The fourth-order valence-corrected chi connectivity index (χ4v) is 11.3. The average Bonchev–Trinajstić information content (AvgIpc) is 3.97. The van der Waals surface area contributed by atoms with Gasteiger partial charge in [-0.05, 0) is 25.2 Å². The summed E-state index contributed by atoms with van der Waals surface area (Å²) in [6.45, 7) is 14.7. The maximum atomic E-state index is 14.1. The van der Waals surface area contributed by atoms with E-state index in [0.717, 1.165) is 97.7 Å². The first-order valence-electron chi connectivity index (χ1n) is 20.5. The van der Waals surface area contributed by atoms with E-state index in [-0.39, 0.29) is 89.5 Å². The van der Waals surface area contributed by atoms with Crippen LogP contribution in [0.15, 0.2) is 64.5 Å². The summed E-state index contributed by atoms with van der Waals surface area (Å²) in [6, 6.07) is 1.95. The topological polar surface area (TPSA) is 220 Å². The summed E-state index contributed by atoms with van der Waals surface area (Å²) in [5, 5.41) is 18.2. The molecule has 2 N–H and O–H groups in total. The first kappa shape index (κ1) is 50.6. The number of nitrogens with zero attached hydrogens (tertiary/aromatic N) is 3. The number of benzene rings is 1. The van der Waals surface area contributed by atoms with Crippen molar-refractivity contribution in [2.75, 3.05) is 46.0 Å². The fraction of sp³-hybridized carbons (Fsp3) is 0.476. The highest BCUT2D eigenvalue weighted by Gasteiger charge is 2.46. The van der Waals surface area contributed by atoms with Gasteiger partial charge < -0.3 is 34.3 Å². The second-order valence-corrected chi connectivity index (χ2v) is 18.4. The van der Waals surface area contributed by atoms with Gasteiger partial charge in [0.25, 0.3) is 11.8 Å². The third-order valence-corrected chi connectivity index (χ3v) is 14.5. The lowest BCUT2D eigenvalue weighted by Gasteiger charge is -2.27. The number of hydrazine groups is 1. The van der Waals surface area contributed by atoms with Crippen LogP contribution in [0.3, 0.4) is 0 Å². The number of nitriles is 1. The molecule has 0 aromatic heterocycles. The number of fused-ring (bicyclic) bond motifs is 2. The second kappa shape index (κ2) is 25.3. The smallest absolute Gasteiger partial charge is 0.412 e. The van der Waals surface area contributed by atoms with Crippen LogP contribution < -0.4 is 20.1 Å². The van der Waals surface area contributed by atoms with E-state index in [1.54, 1.807) is 0 Å². The predicted octanol–water partition coefficient (Wildman–Crippen LogP) is 7.61. The van der Waals surface area contributed by atoms with Gasteiger partial charge >= 0.3 is 30.1 Å². The lowest BCUT2D eigenvalue weighted by atomic mass is 10.0. The van der Waals surface area contributed by atoms with Gasteiger partial charge in [-0.2, -0.15) is 5.26 Å². The second-order valence-electron chi connectivity index (χ2n) is 13.8. The van der Waals surface area contributed by atoms with Crippen LogP contribution in [0.2, 0.25) is 0 Å². The maximum Gasteiger partial charge on any atom is 0.412 e. The minimum atomic E-state index is -0.980. The first-order chi connectivity index (χ1) is 30.4. The predicted molar refractivity (Wildman–Crippen MR) is 237 cm³/mol. The standard InChI is InChI=1S/C42H51N5O12S4/c1-7-13-16-25(10-4)24-57-38(52)26(23-43)39-60-32-30(58-41(53)44-17-21-55-27(48)11-5)34-35(31(33(32)61-39)59-42(54)45-18-22-56-28(49)12-6)63-40(62-34)29-36(50)46(19-14-8-2)47(37(29)51)20-15-9-3/h11-12,25H,5-10,13-22,24H2,1-4H3,(H,44,53)(H,45,54). The lowest BCUT2D eigenvalue weighted by Crippen LogP contribution is -2.42. The van der Waals surface area contributed by atoms with E-state index in [4.69, 9.17) is 23.7 Å². The van der Waals surface area contributed by atoms with Crippen LogP contribution in [0.5, 0.6) is 11.5 Å². The molecule has 17 nitrogen and oxygen atoms in total. The number of hydrogen-bond acceptors (Lipinski definition) is 17. The molecule has 3 aliphatic heterocycles. The van der Waals surface area contributed by atoms with Crippen LogP contribution in [-0.4, -0.2) is 97.9 Å². The summed E-state index contributed by atoms with van der Waals surface area (Å²) >= 11 is 3.74. The Balaban J connectivity index is 1.84. The zero-order valence-corrected chi connectivity index (χ0v) is 38.9. The van der Waals surface area contributed by atoms with Crippen LogP contribution in [0.4, 0.5) is 9.59 Å². The lowest BCUT2D eigenvalue weighted by molar-refractivity contribution is -0.147. The molecule has 1 aromatic carbocycles. The first-order valence-corrected chi connectivity index (χ1v) is 23.8. The van der Waals surface area contributed by atoms with Crippen molar-refractivity contribution < 1.29 is 57.2 Å². The van der Waals surface area contributed by atoms with Gasteiger partial charge in [0.1, 0.15) is 24.9 Å². The summed E-state index contributed by atoms with van der Waals surface area (Å²) in [5.74, 6) is -3.33. The van der Waals surface area contributed by atoms with Gasteiger partial charge in [0.05, 0.1) is 47.8 Å². The third kappa shape index (κ3) is 13.2. The fourth-order valence-electron chi connectivity index (χ4n) is 5.92. The molecule has 1 saturated heterocycles. The van der Waals surface area contributed by atoms with Gasteiger partial charge in [0.2, 0.25) is 0 Å². The molecule has 1 fully saturated rings. The Morgan fingerprint density at radius 2 is 1.17 bits per heavy atom. The van der Waals surface area contributed by atoms with Crippen molar-refractivity contribution in [3.05, 3.63) is 44.9 Å². The van der Waals surface area contributed by atoms with Crippen molar-refractivity contribution in [1.29, 1.82) is 5.26 Å². The number of carbonyl (C=O) groups excluding carboxylic acids is 7. The van der Waals surface area contributed by atoms with Crippen molar-refractivity contribution in [3.8, 4) is 17.6 Å². The molecule has 340 valence electrons. The van der Waals surface area contributed by atoms with Crippen LogP contribution in [0.25, 0.3) is 0 Å². The van der Waals surface area contributed by atoms with Crippen LogP contribution in [0.1, 0.15) is 79.1 Å². The SMILES string of the molecule is C=CC(=O)OCCNC(=O)Oc1c2c(c(OC(=O)NCCOC(=O)C=C)c3c1SC(=C1C(=O)N(CCCC)N(CCCC)C1=O)S3)SC(=C(C#N)C(=O)OCC(CC)CCCC)S2. The van der Waals surface area contributed by atoms with Crippen LogP contribution in [0, 0.1) is 17.2 Å². The average molecular weight is 946 g/mol. The van der Waals surface area contributed by atoms with Crippen LogP contribution >= 0.6 is 47.0 Å². The molecule has 1 unspecified atom stereocenters. The Morgan fingerprint density at radius 1 is 0.714 bits per heavy atom. The molecule has 3 heterocycles. The zero-order valence-electron chi connectivity index (χ0n) is 35.6. The Bertz CT molecular complexity index is 1970. The molecule has 1 atom stereocenters. The molecular formula is C42H51N5O12S4. The summed E-state index contributed by atoms with van der Waals surface area (Å²) in [7, 11) is 0. The van der Waals surface area contributed by atoms with Gasteiger partial charge in [-0.3, -0.25) is 9.59 Å². The molecule has 4 amide bonds. The number of nitrogens with one attached hydrogen (secondary N) is 2. The highest BCUT2D eigenvalue weighted by atomic mass is 32.2. The number of hydrogen-bond donors (Lipinski definition) is 2. The van der Waals surface area contributed by atoms with Crippen LogP contribution in [-0.2, 0) is 38.2 Å². The van der Waals surface area contributed by atoms with E-state index in [9.17, 15) is 38.8 Å². The highest BCUT2D eigenvalue weighted by molar-refractivity contribution is 8.26. The Morgan fingerprint density at radius 3 is 1.59 bits per heavy atom. The van der Waals surface area contributed by atoms with Gasteiger partial charge in [-0.1, -0.05) is 120 Å². The molecule has 0 aliphatic carbocycles. The Hall–Kier alpha value is -5.04. The van der Waals surface area contributed by atoms with Gasteiger partial charge in [-0.15, -0.1) is 0 Å². The molecule has 21 heteroatoms. The van der Waals surface area contributed by atoms with E-state index in [1.165, 1.54) is 10.0 Å². The van der Waals surface area contributed by atoms with Gasteiger partial charge in [0, 0.05) is 25.2 Å². The quantitative estimate of drug-likeness (QED) is 0.0269. The van der Waals surface area contributed by atoms with Crippen molar-refractivity contribution in [3.63, 3.8) is 0 Å². The number of thioether (sulfide) groups is 4. The van der Waals surface area contributed by atoms with Gasteiger partial charge in [-0.25, -0.2) is 34.0 Å². The Kier molecular flexibility index (Phi) is 20.3. The molecule has 0 spiro atoms. The maximum absolute atomic E-state index is 14.1. The summed E-state index contributed by atoms with van der Waals surface area (Å²) < 4.78 is 27.8. The van der Waals surface area contributed by atoms with Crippen molar-refractivity contribution in [2.45, 2.75) is 98.6 Å².